The molecule has 2 rings (SSSR count). The van der Waals surface area contributed by atoms with Crippen molar-refractivity contribution in [2.24, 2.45) is 0 Å². The van der Waals surface area contributed by atoms with Crippen LogP contribution in [0.2, 0.25) is 5.02 Å². The third-order valence-electron chi connectivity index (χ3n) is 3.71. The Bertz CT molecular complexity index is 436. The largest absolute Gasteiger partial charge is 0.492 e. The van der Waals surface area contributed by atoms with Crippen molar-refractivity contribution >= 4 is 17.3 Å². The number of nitrogens with one attached hydrogen (secondary N) is 1. The molecular formula is C16H25ClN2O. The number of hydrogen-bond acceptors (Lipinski definition) is 3. The van der Waals surface area contributed by atoms with Crippen LogP contribution in [0.1, 0.15) is 33.6 Å². The molecule has 0 aliphatic carbocycles. The molecule has 1 fully saturated rings. The molecule has 1 aromatic carbocycles. The van der Waals surface area contributed by atoms with Gasteiger partial charge in [-0.1, -0.05) is 18.5 Å². The van der Waals surface area contributed by atoms with Crippen LogP contribution in [0, 0.1) is 0 Å². The number of likely N-dealkylation sites (tertiary alicyclic amines) is 1. The van der Waals surface area contributed by atoms with Gasteiger partial charge in [-0.25, -0.2) is 0 Å². The van der Waals surface area contributed by atoms with Gasteiger partial charge in [0.05, 0.1) is 11.6 Å². The summed E-state index contributed by atoms with van der Waals surface area (Å²) >= 11 is 6.25. The fraction of sp³-hybridized carbons (Fsp3) is 0.625. The number of rotatable bonds is 6. The van der Waals surface area contributed by atoms with E-state index in [1.54, 1.807) is 0 Å². The van der Waals surface area contributed by atoms with Crippen molar-refractivity contribution in [3.63, 3.8) is 0 Å². The molecule has 1 aromatic rings. The third-order valence-corrected chi connectivity index (χ3v) is 4.01. The molecule has 20 heavy (non-hydrogen) atoms. The van der Waals surface area contributed by atoms with E-state index in [0.717, 1.165) is 24.4 Å². The van der Waals surface area contributed by atoms with Crippen molar-refractivity contribution in [3.8, 4) is 5.75 Å². The van der Waals surface area contributed by atoms with Crippen LogP contribution in [0.25, 0.3) is 0 Å². The predicted molar refractivity (Wildman–Crippen MR) is 86.0 cm³/mol. The summed E-state index contributed by atoms with van der Waals surface area (Å²) in [5, 5.41) is 4.25. The van der Waals surface area contributed by atoms with E-state index in [1.807, 2.05) is 12.1 Å². The summed E-state index contributed by atoms with van der Waals surface area (Å²) in [6.07, 6.45) is 2.17. The lowest BCUT2D eigenvalue weighted by Crippen LogP contribution is -2.31. The first-order chi connectivity index (χ1) is 9.60. The van der Waals surface area contributed by atoms with Crippen molar-refractivity contribution in [2.45, 2.75) is 45.7 Å². The highest BCUT2D eigenvalue weighted by molar-refractivity contribution is 6.32. The van der Waals surface area contributed by atoms with Gasteiger partial charge in [-0.15, -0.1) is 0 Å². The van der Waals surface area contributed by atoms with Crippen LogP contribution >= 0.6 is 11.6 Å². The van der Waals surface area contributed by atoms with Gasteiger partial charge >= 0.3 is 0 Å². The van der Waals surface area contributed by atoms with Crippen molar-refractivity contribution < 1.29 is 4.74 Å². The Kier molecular flexibility index (Phi) is 5.55. The summed E-state index contributed by atoms with van der Waals surface area (Å²) in [5.74, 6) is 0.772. The van der Waals surface area contributed by atoms with Crippen LogP contribution in [0.4, 0.5) is 5.69 Å². The monoisotopic (exact) mass is 296 g/mol. The minimum atomic E-state index is 0.510. The van der Waals surface area contributed by atoms with E-state index in [2.05, 4.69) is 37.1 Å². The highest BCUT2D eigenvalue weighted by Crippen LogP contribution is 2.29. The number of benzene rings is 1. The van der Waals surface area contributed by atoms with Crippen molar-refractivity contribution in [1.82, 2.24) is 4.90 Å². The Balaban J connectivity index is 1.92. The molecule has 112 valence electrons. The smallest absolute Gasteiger partial charge is 0.138 e. The zero-order valence-corrected chi connectivity index (χ0v) is 13.4. The molecule has 4 heteroatoms. The molecule has 0 spiro atoms. The zero-order chi connectivity index (χ0) is 14.5. The summed E-state index contributed by atoms with van der Waals surface area (Å²) in [6.45, 7) is 9.56. The normalized spacial score (nSPS) is 19.6. The number of anilines is 1. The van der Waals surface area contributed by atoms with Crippen LogP contribution in [0.15, 0.2) is 18.2 Å². The Morgan fingerprint density at radius 1 is 1.45 bits per heavy atom. The lowest BCUT2D eigenvalue weighted by atomic mass is 10.2. The molecule has 1 aliphatic heterocycles. The molecule has 0 bridgehead atoms. The van der Waals surface area contributed by atoms with Crippen molar-refractivity contribution in [3.05, 3.63) is 23.2 Å². The first-order valence-electron chi connectivity index (χ1n) is 7.53. The van der Waals surface area contributed by atoms with Gasteiger partial charge in [0.15, 0.2) is 0 Å². The lowest BCUT2D eigenvalue weighted by molar-refractivity contribution is 0.274. The second kappa shape index (κ2) is 7.19. The van der Waals surface area contributed by atoms with E-state index < -0.39 is 0 Å². The average molecular weight is 297 g/mol. The molecule has 0 amide bonds. The van der Waals surface area contributed by atoms with Gasteiger partial charge in [0.1, 0.15) is 5.75 Å². The predicted octanol–water partition coefficient (Wildman–Crippen LogP) is 4.02. The van der Waals surface area contributed by atoms with E-state index in [0.29, 0.717) is 23.7 Å². The molecule has 1 aliphatic rings. The summed E-state index contributed by atoms with van der Waals surface area (Å²) < 4.78 is 5.59. The van der Waals surface area contributed by atoms with E-state index in [4.69, 9.17) is 16.3 Å². The molecular weight excluding hydrogens is 272 g/mol. The van der Waals surface area contributed by atoms with Gasteiger partial charge in [-0.3, -0.25) is 4.90 Å². The average Bonchev–Trinajstić information content (AvgIpc) is 2.86. The second-order valence-corrected chi connectivity index (χ2v) is 6.12. The maximum atomic E-state index is 6.25. The van der Waals surface area contributed by atoms with Crippen LogP contribution in [0.3, 0.4) is 0 Å². The Morgan fingerprint density at radius 2 is 2.25 bits per heavy atom. The van der Waals surface area contributed by atoms with Gasteiger partial charge in [0.25, 0.3) is 0 Å². The lowest BCUT2D eigenvalue weighted by Gasteiger charge is -2.21. The van der Waals surface area contributed by atoms with Gasteiger partial charge in [-0.05, 0) is 44.9 Å². The van der Waals surface area contributed by atoms with E-state index in [1.165, 1.54) is 13.0 Å². The maximum absolute atomic E-state index is 6.25. The standard InChI is InChI=1S/C16H25ClN2O/c1-4-9-20-16-6-5-13(10-15(16)17)18-14-7-8-19(11-14)12(2)3/h5-6,10,12,14,18H,4,7-9,11H2,1-3H3. The molecule has 1 N–H and O–H groups in total. The molecule has 1 atom stereocenters. The Morgan fingerprint density at radius 3 is 2.85 bits per heavy atom. The fourth-order valence-electron chi connectivity index (χ4n) is 2.53. The van der Waals surface area contributed by atoms with Crippen LogP contribution < -0.4 is 10.1 Å². The van der Waals surface area contributed by atoms with Gasteiger partial charge in [-0.2, -0.15) is 0 Å². The van der Waals surface area contributed by atoms with Gasteiger partial charge in [0, 0.05) is 30.9 Å². The summed E-state index contributed by atoms with van der Waals surface area (Å²) in [4.78, 5) is 2.50. The fourth-order valence-corrected chi connectivity index (χ4v) is 2.76. The van der Waals surface area contributed by atoms with Crippen molar-refractivity contribution in [2.75, 3.05) is 25.0 Å². The first kappa shape index (κ1) is 15.5. The van der Waals surface area contributed by atoms with Crippen LogP contribution in [-0.2, 0) is 0 Å². The second-order valence-electron chi connectivity index (χ2n) is 5.71. The van der Waals surface area contributed by atoms with E-state index in [-0.39, 0.29) is 0 Å². The Hall–Kier alpha value is -0.930. The summed E-state index contributed by atoms with van der Waals surface area (Å²) in [6, 6.07) is 7.10. The van der Waals surface area contributed by atoms with Gasteiger partial charge < -0.3 is 10.1 Å². The SMILES string of the molecule is CCCOc1ccc(NC2CCN(C(C)C)C2)cc1Cl. The van der Waals surface area contributed by atoms with Gasteiger partial charge in [0.2, 0.25) is 0 Å². The molecule has 0 aromatic heterocycles. The topological polar surface area (TPSA) is 24.5 Å². The third kappa shape index (κ3) is 4.03. The minimum absolute atomic E-state index is 0.510. The van der Waals surface area contributed by atoms with Crippen LogP contribution in [0.5, 0.6) is 5.75 Å². The molecule has 0 radical (unpaired) electrons. The molecule has 3 nitrogen and oxygen atoms in total. The minimum Gasteiger partial charge on any atom is -0.492 e. The molecule has 1 heterocycles. The van der Waals surface area contributed by atoms with Crippen LogP contribution in [-0.4, -0.2) is 36.7 Å². The zero-order valence-electron chi connectivity index (χ0n) is 12.7. The number of hydrogen-bond donors (Lipinski definition) is 1. The summed E-state index contributed by atoms with van der Waals surface area (Å²) in [7, 11) is 0. The highest BCUT2D eigenvalue weighted by atomic mass is 35.5. The molecule has 1 saturated heterocycles. The van der Waals surface area contributed by atoms with Crippen molar-refractivity contribution in [1.29, 1.82) is 0 Å². The van der Waals surface area contributed by atoms with E-state index in [9.17, 15) is 0 Å². The quantitative estimate of drug-likeness (QED) is 0.858. The molecule has 0 saturated carbocycles. The highest BCUT2D eigenvalue weighted by Gasteiger charge is 2.23. The number of halogens is 1. The Labute approximate surface area is 127 Å². The number of ether oxygens (including phenoxy) is 1. The van der Waals surface area contributed by atoms with E-state index >= 15 is 0 Å². The summed E-state index contributed by atoms with van der Waals surface area (Å²) in [5.41, 5.74) is 1.08. The number of nitrogens with zero attached hydrogens (tertiary/aromatic N) is 1. The first-order valence-corrected chi connectivity index (χ1v) is 7.91. The molecule has 1 unspecified atom stereocenters. The maximum Gasteiger partial charge on any atom is 0.138 e.